The van der Waals surface area contributed by atoms with Crippen LogP contribution in [-0.4, -0.2) is 98.7 Å². The maximum Gasteiger partial charge on any atom is 0.249 e. The number of carbonyl (C=O) groups excluding carboxylic acids is 1. The monoisotopic (exact) mass is 826 g/mol. The predicted molar refractivity (Wildman–Crippen MR) is 236 cm³/mol. The van der Waals surface area contributed by atoms with Gasteiger partial charge < -0.3 is 45.4 Å². The fourth-order valence-electron chi connectivity index (χ4n) is 7.65. The third-order valence-electron chi connectivity index (χ3n) is 11.6. The van der Waals surface area contributed by atoms with Gasteiger partial charge in [-0.1, -0.05) is 205 Å². The molecule has 10 nitrogen and oxygen atoms in total. The minimum Gasteiger partial charge on any atom is -0.394 e. The second kappa shape index (κ2) is 38.5. The zero-order valence-corrected chi connectivity index (χ0v) is 37.2. The Balaban J connectivity index is 2.36. The Morgan fingerprint density at radius 2 is 1.02 bits per heavy atom. The van der Waals surface area contributed by atoms with E-state index in [-0.39, 0.29) is 6.61 Å². The number of amides is 1. The van der Waals surface area contributed by atoms with E-state index in [1.165, 1.54) is 148 Å². The lowest BCUT2D eigenvalue weighted by Crippen LogP contribution is -2.60. The topological polar surface area (TPSA) is 169 Å². The van der Waals surface area contributed by atoms with E-state index in [1.54, 1.807) is 6.08 Å². The Morgan fingerprint density at radius 1 is 0.586 bits per heavy atom. The van der Waals surface area contributed by atoms with E-state index in [2.05, 4.69) is 31.3 Å². The Morgan fingerprint density at radius 3 is 1.50 bits per heavy atom. The van der Waals surface area contributed by atoms with Crippen LogP contribution in [0, 0.1) is 0 Å². The highest BCUT2D eigenvalue weighted by Crippen LogP contribution is 2.23. The first kappa shape index (κ1) is 54.6. The normalized spacial score (nSPS) is 21.6. The molecule has 0 aromatic carbocycles. The van der Waals surface area contributed by atoms with E-state index in [0.29, 0.717) is 19.3 Å². The van der Waals surface area contributed by atoms with Crippen molar-refractivity contribution in [3.8, 4) is 0 Å². The number of hydrogen-bond acceptors (Lipinski definition) is 9. The number of unbranched alkanes of at least 4 members (excludes halogenated alkanes) is 27. The lowest BCUT2D eigenvalue weighted by atomic mass is 9.99. The van der Waals surface area contributed by atoms with Gasteiger partial charge in [-0.2, -0.15) is 0 Å². The third kappa shape index (κ3) is 28.2. The first-order chi connectivity index (χ1) is 28.3. The van der Waals surface area contributed by atoms with Crippen LogP contribution in [0.2, 0.25) is 0 Å². The van der Waals surface area contributed by atoms with Gasteiger partial charge in [-0.05, 0) is 32.1 Å². The molecule has 342 valence electrons. The minimum atomic E-state index is -1.61. The summed E-state index contributed by atoms with van der Waals surface area (Å²) in [6, 6.07) is -0.992. The van der Waals surface area contributed by atoms with Gasteiger partial charge in [-0.3, -0.25) is 4.79 Å². The Kier molecular flexibility index (Phi) is 36.3. The van der Waals surface area contributed by atoms with Gasteiger partial charge in [0.25, 0.3) is 0 Å². The summed E-state index contributed by atoms with van der Waals surface area (Å²) >= 11 is 0. The maximum atomic E-state index is 13.0. The summed E-state index contributed by atoms with van der Waals surface area (Å²) in [6.07, 6.45) is 35.6. The molecule has 7 N–H and O–H groups in total. The van der Waals surface area contributed by atoms with E-state index in [4.69, 9.17) is 9.47 Å². The first-order valence-corrected chi connectivity index (χ1v) is 24.2. The minimum absolute atomic E-state index is 0.308. The molecule has 0 aromatic rings. The van der Waals surface area contributed by atoms with Gasteiger partial charge in [-0.25, -0.2) is 0 Å². The number of aliphatic hydroxyl groups excluding tert-OH is 6. The summed E-state index contributed by atoms with van der Waals surface area (Å²) in [5.41, 5.74) is 0. The van der Waals surface area contributed by atoms with Crippen LogP contribution in [0.15, 0.2) is 24.3 Å². The molecule has 1 amide bonds. The average molecular weight is 826 g/mol. The van der Waals surface area contributed by atoms with Gasteiger partial charge in [0.1, 0.15) is 30.5 Å². The second-order valence-electron chi connectivity index (χ2n) is 17.0. The van der Waals surface area contributed by atoms with Crippen LogP contribution in [0.5, 0.6) is 0 Å². The van der Waals surface area contributed by atoms with Crippen molar-refractivity contribution in [1.82, 2.24) is 5.32 Å². The van der Waals surface area contributed by atoms with Gasteiger partial charge in [-0.15, -0.1) is 0 Å². The molecular formula is C48H91NO9. The van der Waals surface area contributed by atoms with Crippen molar-refractivity contribution in [2.45, 2.75) is 262 Å². The van der Waals surface area contributed by atoms with Crippen molar-refractivity contribution in [1.29, 1.82) is 0 Å². The second-order valence-corrected chi connectivity index (χ2v) is 17.0. The molecule has 1 rings (SSSR count). The van der Waals surface area contributed by atoms with Crippen molar-refractivity contribution >= 4 is 5.91 Å². The SMILES string of the molecule is CCCCCCCCC/C=C/CC/C=C/C(O)C(CO[C@@H]1OC(CO)[C@@H](O)C(O)C1O)NC(=O)C(O)CCCCCCCCCCCCCCCCCCCCCC. The van der Waals surface area contributed by atoms with Gasteiger partial charge in [0, 0.05) is 0 Å². The summed E-state index contributed by atoms with van der Waals surface area (Å²) in [7, 11) is 0. The maximum absolute atomic E-state index is 13.0. The summed E-state index contributed by atoms with van der Waals surface area (Å²) in [4.78, 5) is 13.0. The van der Waals surface area contributed by atoms with Crippen LogP contribution in [0.4, 0.5) is 0 Å². The molecule has 0 aliphatic carbocycles. The van der Waals surface area contributed by atoms with E-state index in [9.17, 15) is 35.4 Å². The van der Waals surface area contributed by atoms with Crippen LogP contribution in [-0.2, 0) is 14.3 Å². The molecule has 8 atom stereocenters. The standard InChI is InChI=1S/C48H91NO9/c1-3-5-7-9-11-13-15-17-18-19-20-21-22-23-25-27-29-31-33-35-37-42(52)47(56)49-40(39-57-48-46(55)45(54)44(53)43(38-50)58-48)41(51)36-34-32-30-28-26-24-16-14-12-10-8-6-4-2/h26,28,34,36,40-46,48,50-55H,3-25,27,29-33,35,37-39H2,1-2H3,(H,49,56)/b28-26+,36-34+/t40?,41?,42?,43?,44-,45?,46?,48-/m1/s1. The average Bonchev–Trinajstić information content (AvgIpc) is 3.22. The number of hydrogen-bond donors (Lipinski definition) is 7. The smallest absolute Gasteiger partial charge is 0.249 e. The number of carbonyl (C=O) groups is 1. The summed E-state index contributed by atoms with van der Waals surface area (Å²) in [6.45, 7) is 3.59. The van der Waals surface area contributed by atoms with E-state index < -0.39 is 61.5 Å². The summed E-state index contributed by atoms with van der Waals surface area (Å²) < 4.78 is 11.1. The van der Waals surface area contributed by atoms with E-state index in [0.717, 1.165) is 32.1 Å². The van der Waals surface area contributed by atoms with E-state index >= 15 is 0 Å². The van der Waals surface area contributed by atoms with E-state index in [1.807, 2.05) is 6.08 Å². The lowest BCUT2D eigenvalue weighted by molar-refractivity contribution is -0.302. The quantitative estimate of drug-likeness (QED) is 0.0235. The molecule has 0 bridgehead atoms. The summed E-state index contributed by atoms with van der Waals surface area (Å²) in [5.74, 6) is -0.624. The van der Waals surface area contributed by atoms with Crippen LogP contribution >= 0.6 is 0 Å². The molecule has 1 aliphatic rings. The first-order valence-electron chi connectivity index (χ1n) is 24.2. The molecule has 1 heterocycles. The van der Waals surface area contributed by atoms with Crippen molar-refractivity contribution in [3.63, 3.8) is 0 Å². The number of allylic oxidation sites excluding steroid dienone is 3. The van der Waals surface area contributed by atoms with Crippen LogP contribution in [0.1, 0.15) is 213 Å². The summed E-state index contributed by atoms with van der Waals surface area (Å²) in [5, 5.41) is 64.6. The molecule has 1 aliphatic heterocycles. The highest BCUT2D eigenvalue weighted by molar-refractivity contribution is 5.80. The Hall–Kier alpha value is -1.37. The molecule has 6 unspecified atom stereocenters. The fourth-order valence-corrected chi connectivity index (χ4v) is 7.65. The largest absolute Gasteiger partial charge is 0.394 e. The predicted octanol–water partition coefficient (Wildman–Crippen LogP) is 9.25. The van der Waals surface area contributed by atoms with Crippen molar-refractivity contribution in [3.05, 3.63) is 24.3 Å². The van der Waals surface area contributed by atoms with Crippen LogP contribution in [0.3, 0.4) is 0 Å². The van der Waals surface area contributed by atoms with Gasteiger partial charge in [0.15, 0.2) is 6.29 Å². The Labute approximate surface area is 354 Å². The Bertz CT molecular complexity index is 979. The highest BCUT2D eigenvalue weighted by Gasteiger charge is 2.44. The molecule has 0 radical (unpaired) electrons. The fraction of sp³-hybridized carbons (Fsp3) is 0.896. The molecule has 1 fully saturated rings. The number of nitrogens with one attached hydrogen (secondary N) is 1. The van der Waals surface area contributed by atoms with Crippen molar-refractivity contribution in [2.75, 3.05) is 13.2 Å². The number of rotatable bonds is 40. The lowest BCUT2D eigenvalue weighted by Gasteiger charge is -2.40. The molecule has 1 saturated heterocycles. The molecule has 0 spiro atoms. The van der Waals surface area contributed by atoms with Gasteiger partial charge >= 0.3 is 0 Å². The van der Waals surface area contributed by atoms with Crippen molar-refractivity contribution in [2.24, 2.45) is 0 Å². The van der Waals surface area contributed by atoms with Crippen molar-refractivity contribution < 1.29 is 44.9 Å². The zero-order valence-electron chi connectivity index (χ0n) is 37.2. The zero-order chi connectivity index (χ0) is 42.5. The van der Waals surface area contributed by atoms with Gasteiger partial charge in [0.2, 0.25) is 5.91 Å². The number of aliphatic hydroxyl groups is 6. The molecule has 58 heavy (non-hydrogen) atoms. The van der Waals surface area contributed by atoms with Gasteiger partial charge in [0.05, 0.1) is 25.4 Å². The molecule has 0 saturated carbocycles. The van der Waals surface area contributed by atoms with Crippen LogP contribution < -0.4 is 5.32 Å². The number of ether oxygens (including phenoxy) is 2. The molecule has 10 heteroatoms. The highest BCUT2D eigenvalue weighted by atomic mass is 16.7. The molecule has 0 aromatic heterocycles. The third-order valence-corrected chi connectivity index (χ3v) is 11.6. The molecular weight excluding hydrogens is 735 g/mol. The van der Waals surface area contributed by atoms with Crippen LogP contribution in [0.25, 0.3) is 0 Å².